The Kier molecular flexibility index (Phi) is 7.25. The van der Waals surface area contributed by atoms with Crippen LogP contribution in [0.2, 0.25) is 0 Å². The zero-order valence-corrected chi connectivity index (χ0v) is 23.2. The van der Waals surface area contributed by atoms with Gasteiger partial charge in [-0.25, -0.2) is 0 Å². The van der Waals surface area contributed by atoms with Gasteiger partial charge in [-0.15, -0.1) is 11.8 Å². The van der Waals surface area contributed by atoms with E-state index in [1.165, 1.54) is 0 Å². The van der Waals surface area contributed by atoms with Crippen molar-refractivity contribution in [1.82, 2.24) is 15.5 Å². The monoisotopic (exact) mass is 515 g/mol. The molecule has 3 fully saturated rings. The van der Waals surface area contributed by atoms with Crippen LogP contribution in [0.15, 0.2) is 30.3 Å². The van der Waals surface area contributed by atoms with Gasteiger partial charge in [0, 0.05) is 16.8 Å². The van der Waals surface area contributed by atoms with Crippen molar-refractivity contribution < 1.29 is 19.5 Å². The molecule has 1 spiro atoms. The molecule has 198 valence electrons. The van der Waals surface area contributed by atoms with Gasteiger partial charge in [-0.05, 0) is 52.0 Å². The Hall–Kier alpha value is -2.06. The summed E-state index contributed by atoms with van der Waals surface area (Å²) in [6.07, 6.45) is 2.24. The minimum atomic E-state index is -0.723. The number of benzene rings is 1. The first kappa shape index (κ1) is 27.0. The predicted molar refractivity (Wildman–Crippen MR) is 142 cm³/mol. The number of aliphatic hydroxyl groups excluding tert-OH is 1. The number of hydrogen-bond acceptors (Lipinski definition) is 5. The SMILES string of the molecule is CC[C@H](C)[C@H](CO)N1C(=O)[C@@H]2[C@H](C(=O)NCc3ccccc3)[C@]3(C)CCC2(S3)C1C(=O)NC(C)(C)C. The Morgan fingerprint density at radius 1 is 1.19 bits per heavy atom. The maximum atomic E-state index is 14.2. The van der Waals surface area contributed by atoms with Gasteiger partial charge in [0.15, 0.2) is 0 Å². The summed E-state index contributed by atoms with van der Waals surface area (Å²) in [4.78, 5) is 43.5. The molecular formula is C28H41N3O4S. The molecule has 7 atom stereocenters. The number of carbonyl (C=O) groups is 3. The van der Waals surface area contributed by atoms with Gasteiger partial charge >= 0.3 is 0 Å². The fourth-order valence-corrected chi connectivity index (χ4v) is 8.91. The number of nitrogens with zero attached hydrogens (tertiary/aromatic N) is 1. The summed E-state index contributed by atoms with van der Waals surface area (Å²) >= 11 is 1.66. The number of aliphatic hydroxyl groups is 1. The zero-order valence-electron chi connectivity index (χ0n) is 22.3. The molecule has 36 heavy (non-hydrogen) atoms. The quantitative estimate of drug-likeness (QED) is 0.494. The largest absolute Gasteiger partial charge is 0.394 e. The van der Waals surface area contributed by atoms with Gasteiger partial charge in [-0.1, -0.05) is 50.6 Å². The molecule has 1 aromatic rings. The fourth-order valence-electron chi connectivity index (χ4n) is 6.57. The van der Waals surface area contributed by atoms with Crippen molar-refractivity contribution in [2.75, 3.05) is 6.61 Å². The average molecular weight is 516 g/mol. The molecule has 3 amide bonds. The van der Waals surface area contributed by atoms with Crippen molar-refractivity contribution >= 4 is 29.5 Å². The Morgan fingerprint density at radius 3 is 2.44 bits per heavy atom. The van der Waals surface area contributed by atoms with Crippen molar-refractivity contribution in [1.29, 1.82) is 0 Å². The predicted octanol–water partition coefficient (Wildman–Crippen LogP) is 3.11. The lowest BCUT2D eigenvalue weighted by atomic mass is 9.66. The Morgan fingerprint density at radius 2 is 1.86 bits per heavy atom. The lowest BCUT2D eigenvalue weighted by Gasteiger charge is -2.40. The van der Waals surface area contributed by atoms with Crippen LogP contribution < -0.4 is 10.6 Å². The molecule has 0 aromatic heterocycles. The number of nitrogens with one attached hydrogen (secondary N) is 2. The molecule has 3 N–H and O–H groups in total. The van der Waals surface area contributed by atoms with E-state index in [0.717, 1.165) is 18.4 Å². The van der Waals surface area contributed by atoms with Crippen molar-refractivity contribution in [2.45, 2.75) is 94.5 Å². The third-order valence-electron chi connectivity index (χ3n) is 8.40. The molecule has 1 aromatic carbocycles. The second kappa shape index (κ2) is 9.67. The fraction of sp³-hybridized carbons (Fsp3) is 0.679. The highest BCUT2D eigenvalue weighted by Crippen LogP contribution is 2.71. The number of amides is 3. The van der Waals surface area contributed by atoms with E-state index in [4.69, 9.17) is 0 Å². The standard InChI is InChI=1S/C28H41N3O4S/c1-7-17(2)19(16-32)31-22(24(34)30-26(3,4)5)28-14-13-27(6,36-28)20(21(28)25(31)35)23(33)29-15-18-11-9-8-10-12-18/h8-12,17,19-22,32H,7,13-16H2,1-6H3,(H,29,33)(H,30,34)/t17-,19-,20+,21-,22?,27-,28?/m0/s1. The average Bonchev–Trinajstić information content (AvgIpc) is 3.38. The summed E-state index contributed by atoms with van der Waals surface area (Å²) in [5.74, 6) is -1.59. The normalized spacial score (nSPS) is 32.8. The van der Waals surface area contributed by atoms with Crippen LogP contribution in [-0.2, 0) is 20.9 Å². The second-order valence-electron chi connectivity index (χ2n) is 12.1. The number of likely N-dealkylation sites (tertiary alicyclic amines) is 1. The minimum absolute atomic E-state index is 0.0160. The maximum Gasteiger partial charge on any atom is 0.244 e. The molecule has 0 aliphatic carbocycles. The van der Waals surface area contributed by atoms with Crippen LogP contribution >= 0.6 is 11.8 Å². The van der Waals surface area contributed by atoms with Gasteiger partial charge in [0.25, 0.3) is 0 Å². The Labute approximate surface area is 219 Å². The maximum absolute atomic E-state index is 14.2. The highest BCUT2D eigenvalue weighted by Gasteiger charge is 2.77. The summed E-state index contributed by atoms with van der Waals surface area (Å²) in [6.45, 7) is 12.1. The molecule has 3 heterocycles. The van der Waals surface area contributed by atoms with Gasteiger partial charge in [-0.2, -0.15) is 0 Å². The molecule has 3 aliphatic rings. The van der Waals surface area contributed by atoms with Gasteiger partial charge in [0.1, 0.15) is 6.04 Å². The number of rotatable bonds is 8. The van der Waals surface area contributed by atoms with E-state index in [1.54, 1.807) is 16.7 Å². The van der Waals surface area contributed by atoms with E-state index in [9.17, 15) is 19.5 Å². The molecule has 0 radical (unpaired) electrons. The van der Waals surface area contributed by atoms with Gasteiger partial charge in [-0.3, -0.25) is 14.4 Å². The van der Waals surface area contributed by atoms with Crippen molar-refractivity contribution in [3.63, 3.8) is 0 Å². The first-order valence-electron chi connectivity index (χ1n) is 13.2. The van der Waals surface area contributed by atoms with Crippen molar-refractivity contribution in [3.8, 4) is 0 Å². The van der Waals surface area contributed by atoms with Crippen LogP contribution in [0.3, 0.4) is 0 Å². The van der Waals surface area contributed by atoms with E-state index in [1.807, 2.05) is 65.0 Å². The molecule has 0 saturated carbocycles. The number of fused-ring (bicyclic) bond motifs is 1. The van der Waals surface area contributed by atoms with E-state index in [-0.39, 0.29) is 30.2 Å². The smallest absolute Gasteiger partial charge is 0.244 e. The van der Waals surface area contributed by atoms with E-state index < -0.39 is 39.0 Å². The topological polar surface area (TPSA) is 98.7 Å². The Bertz CT molecular complexity index is 1010. The van der Waals surface area contributed by atoms with Crippen LogP contribution in [0.1, 0.15) is 66.4 Å². The van der Waals surface area contributed by atoms with E-state index in [2.05, 4.69) is 17.6 Å². The van der Waals surface area contributed by atoms with Crippen LogP contribution in [0, 0.1) is 17.8 Å². The number of thioether (sulfide) groups is 1. The van der Waals surface area contributed by atoms with Crippen LogP contribution in [0.4, 0.5) is 0 Å². The molecule has 7 nitrogen and oxygen atoms in total. The number of carbonyl (C=O) groups excluding carboxylic acids is 3. The van der Waals surface area contributed by atoms with Gasteiger partial charge in [0.05, 0.1) is 29.2 Å². The summed E-state index contributed by atoms with van der Waals surface area (Å²) in [5.41, 5.74) is 0.531. The van der Waals surface area contributed by atoms with Crippen molar-refractivity contribution in [3.05, 3.63) is 35.9 Å². The van der Waals surface area contributed by atoms with Crippen LogP contribution in [0.25, 0.3) is 0 Å². The molecule has 8 heteroatoms. The molecule has 3 saturated heterocycles. The lowest BCUT2D eigenvalue weighted by molar-refractivity contribution is -0.144. The van der Waals surface area contributed by atoms with Gasteiger partial charge in [0.2, 0.25) is 17.7 Å². The summed E-state index contributed by atoms with van der Waals surface area (Å²) in [7, 11) is 0. The third-order valence-corrected chi connectivity index (χ3v) is 10.4. The molecule has 2 unspecified atom stereocenters. The summed E-state index contributed by atoms with van der Waals surface area (Å²) < 4.78 is -1.10. The summed E-state index contributed by atoms with van der Waals surface area (Å²) in [5, 5.41) is 16.6. The van der Waals surface area contributed by atoms with E-state index >= 15 is 0 Å². The Balaban J connectivity index is 1.72. The highest BCUT2D eigenvalue weighted by molar-refractivity contribution is 8.02. The van der Waals surface area contributed by atoms with Crippen LogP contribution in [-0.4, -0.2) is 61.5 Å². The van der Waals surface area contributed by atoms with E-state index in [0.29, 0.717) is 13.0 Å². The van der Waals surface area contributed by atoms with Gasteiger partial charge < -0.3 is 20.6 Å². The molecular weight excluding hydrogens is 474 g/mol. The molecule has 3 aliphatic heterocycles. The first-order valence-corrected chi connectivity index (χ1v) is 14.0. The molecule has 4 rings (SSSR count). The second-order valence-corrected chi connectivity index (χ2v) is 13.9. The zero-order chi connectivity index (χ0) is 26.5. The summed E-state index contributed by atoms with van der Waals surface area (Å²) in [6, 6.07) is 8.54. The third kappa shape index (κ3) is 4.44. The highest BCUT2D eigenvalue weighted by atomic mass is 32.2. The lowest BCUT2D eigenvalue weighted by Crippen LogP contribution is -2.60. The van der Waals surface area contributed by atoms with Crippen molar-refractivity contribution in [2.24, 2.45) is 17.8 Å². The molecule has 2 bridgehead atoms. The minimum Gasteiger partial charge on any atom is -0.394 e. The van der Waals surface area contributed by atoms with Crippen LogP contribution in [0.5, 0.6) is 0 Å². The first-order chi connectivity index (χ1) is 16.9. The number of hydrogen-bond donors (Lipinski definition) is 3.